The van der Waals surface area contributed by atoms with E-state index in [2.05, 4.69) is 16.2 Å². The van der Waals surface area contributed by atoms with Gasteiger partial charge in [-0.2, -0.15) is 4.98 Å². The van der Waals surface area contributed by atoms with Crippen molar-refractivity contribution in [3.05, 3.63) is 34.1 Å². The highest BCUT2D eigenvalue weighted by atomic mass is 32.2. The molecule has 0 N–H and O–H groups in total. The Labute approximate surface area is 107 Å². The molecule has 2 heterocycles. The Morgan fingerprint density at radius 3 is 3.06 bits per heavy atom. The topological polar surface area (TPSA) is 56.0 Å². The monoisotopic (exact) mass is 270 g/mol. The first-order valence-electron chi connectivity index (χ1n) is 5.46. The summed E-state index contributed by atoms with van der Waals surface area (Å²) in [6, 6.07) is 4.07. The average Bonchev–Trinajstić information content (AvgIpc) is 2.97. The molecule has 0 unspecified atom stereocenters. The van der Waals surface area contributed by atoms with Crippen LogP contribution in [0.3, 0.4) is 0 Å². The van der Waals surface area contributed by atoms with Gasteiger partial charge in [-0.15, -0.1) is 11.3 Å². The van der Waals surface area contributed by atoms with Crippen molar-refractivity contribution in [1.82, 2.24) is 10.1 Å². The van der Waals surface area contributed by atoms with Crippen LogP contribution >= 0.6 is 11.3 Å². The molecule has 1 atom stereocenters. The van der Waals surface area contributed by atoms with Crippen LogP contribution < -0.4 is 0 Å². The van der Waals surface area contributed by atoms with Crippen molar-refractivity contribution in [3.63, 3.8) is 0 Å². The van der Waals surface area contributed by atoms with Crippen LogP contribution in [0.15, 0.2) is 22.0 Å². The molecule has 2 rings (SSSR count). The second kappa shape index (κ2) is 6.07. The number of hydrogen-bond donors (Lipinski definition) is 0. The lowest BCUT2D eigenvalue weighted by molar-refractivity contribution is 0.384. The summed E-state index contributed by atoms with van der Waals surface area (Å²) in [5, 5.41) is 5.81. The van der Waals surface area contributed by atoms with Gasteiger partial charge in [-0.3, -0.25) is 4.21 Å². The highest BCUT2D eigenvalue weighted by molar-refractivity contribution is 7.84. The Kier molecular flexibility index (Phi) is 4.44. The molecule has 0 aliphatic carbocycles. The largest absolute Gasteiger partial charge is 0.338 e. The van der Waals surface area contributed by atoms with E-state index < -0.39 is 10.8 Å². The first-order valence-corrected chi connectivity index (χ1v) is 7.83. The van der Waals surface area contributed by atoms with Gasteiger partial charge < -0.3 is 4.52 Å². The van der Waals surface area contributed by atoms with E-state index in [1.54, 1.807) is 11.3 Å². The Morgan fingerprint density at radius 1 is 1.53 bits per heavy atom. The fraction of sp³-hybridized carbons (Fsp3) is 0.455. The van der Waals surface area contributed by atoms with Crippen LogP contribution in [0.5, 0.6) is 0 Å². The summed E-state index contributed by atoms with van der Waals surface area (Å²) < 4.78 is 16.8. The van der Waals surface area contributed by atoms with Crippen LogP contribution in [-0.4, -0.2) is 20.1 Å². The number of thiophene rings is 1. The zero-order valence-corrected chi connectivity index (χ0v) is 11.2. The standard InChI is InChI=1S/C11H14N2O2S2/c1-2-10-12-11(15-13-10)8-17(14)7-5-9-4-3-6-16-9/h3-4,6H,2,5,7-8H2,1H3/t17-/m0/s1. The van der Waals surface area contributed by atoms with Gasteiger partial charge in [0.2, 0.25) is 5.89 Å². The third-order valence-corrected chi connectivity index (χ3v) is 4.43. The molecule has 0 fully saturated rings. The number of nitrogens with zero attached hydrogens (tertiary/aromatic N) is 2. The maximum Gasteiger partial charge on any atom is 0.239 e. The molecule has 4 nitrogen and oxygen atoms in total. The van der Waals surface area contributed by atoms with E-state index in [1.165, 1.54) is 4.88 Å². The van der Waals surface area contributed by atoms with E-state index in [9.17, 15) is 4.21 Å². The molecule has 2 aromatic heterocycles. The molecule has 17 heavy (non-hydrogen) atoms. The number of hydrogen-bond acceptors (Lipinski definition) is 5. The van der Waals surface area contributed by atoms with Crippen molar-refractivity contribution in [2.45, 2.75) is 25.5 Å². The minimum atomic E-state index is -0.934. The van der Waals surface area contributed by atoms with Crippen molar-refractivity contribution < 1.29 is 8.73 Å². The van der Waals surface area contributed by atoms with E-state index in [-0.39, 0.29) is 0 Å². The number of aryl methyl sites for hydroxylation is 2. The minimum Gasteiger partial charge on any atom is -0.338 e. The summed E-state index contributed by atoms with van der Waals surface area (Å²) in [5.41, 5.74) is 0. The summed E-state index contributed by atoms with van der Waals surface area (Å²) in [5.74, 6) is 2.16. The Bertz CT molecular complexity index is 479. The van der Waals surface area contributed by atoms with Crippen LogP contribution in [0.1, 0.15) is 23.5 Å². The fourth-order valence-corrected chi connectivity index (χ4v) is 3.19. The van der Waals surface area contributed by atoms with E-state index in [4.69, 9.17) is 4.52 Å². The van der Waals surface area contributed by atoms with Gasteiger partial charge in [0.1, 0.15) is 5.75 Å². The highest BCUT2D eigenvalue weighted by Crippen LogP contribution is 2.10. The summed E-state index contributed by atoms with van der Waals surface area (Å²) in [4.78, 5) is 5.41. The SMILES string of the molecule is CCc1noc(C[S@@](=O)CCc2cccs2)n1. The van der Waals surface area contributed by atoms with Crippen molar-refractivity contribution in [2.75, 3.05) is 5.75 Å². The molecule has 0 aromatic carbocycles. The lowest BCUT2D eigenvalue weighted by atomic mass is 10.4. The molecule has 0 bridgehead atoms. The smallest absolute Gasteiger partial charge is 0.239 e. The maximum atomic E-state index is 11.8. The zero-order valence-electron chi connectivity index (χ0n) is 9.59. The first kappa shape index (κ1) is 12.4. The number of rotatable bonds is 6. The normalized spacial score (nSPS) is 12.8. The maximum absolute atomic E-state index is 11.8. The first-order chi connectivity index (χ1) is 8.28. The third-order valence-electron chi connectivity index (χ3n) is 2.27. The molecular weight excluding hydrogens is 256 g/mol. The predicted octanol–water partition coefficient (Wildman–Crippen LogP) is 2.18. The summed E-state index contributed by atoms with van der Waals surface area (Å²) in [6.45, 7) is 1.96. The van der Waals surface area contributed by atoms with Gasteiger partial charge in [-0.05, 0) is 17.9 Å². The van der Waals surface area contributed by atoms with E-state index in [0.29, 0.717) is 23.2 Å². The second-order valence-electron chi connectivity index (χ2n) is 3.58. The molecule has 0 radical (unpaired) electrons. The Hall–Kier alpha value is -1.01. The molecule has 0 saturated carbocycles. The third kappa shape index (κ3) is 3.74. The lowest BCUT2D eigenvalue weighted by Gasteiger charge is -1.97. The highest BCUT2D eigenvalue weighted by Gasteiger charge is 2.09. The van der Waals surface area contributed by atoms with Crippen LogP contribution in [0.2, 0.25) is 0 Å². The van der Waals surface area contributed by atoms with Gasteiger partial charge in [0, 0.05) is 27.9 Å². The zero-order chi connectivity index (χ0) is 12.1. The summed E-state index contributed by atoms with van der Waals surface area (Å²) >= 11 is 1.69. The van der Waals surface area contributed by atoms with Crippen molar-refractivity contribution in [2.24, 2.45) is 0 Å². The molecule has 0 aliphatic rings. The molecule has 92 valence electrons. The molecule has 0 spiro atoms. The molecule has 2 aromatic rings. The minimum absolute atomic E-state index is 0.359. The lowest BCUT2D eigenvalue weighted by Crippen LogP contribution is -2.03. The summed E-state index contributed by atoms with van der Waals surface area (Å²) in [7, 11) is -0.934. The van der Waals surface area contributed by atoms with Gasteiger partial charge in [-0.25, -0.2) is 0 Å². The van der Waals surface area contributed by atoms with Crippen molar-refractivity contribution in [1.29, 1.82) is 0 Å². The van der Waals surface area contributed by atoms with Gasteiger partial charge in [0.15, 0.2) is 5.82 Å². The number of aromatic nitrogens is 2. The van der Waals surface area contributed by atoms with Crippen LogP contribution in [0.4, 0.5) is 0 Å². The van der Waals surface area contributed by atoms with Gasteiger partial charge in [0.25, 0.3) is 0 Å². The second-order valence-corrected chi connectivity index (χ2v) is 6.18. The molecule has 0 aliphatic heterocycles. The van der Waals surface area contributed by atoms with Crippen molar-refractivity contribution in [3.8, 4) is 0 Å². The van der Waals surface area contributed by atoms with Crippen LogP contribution in [0, 0.1) is 0 Å². The van der Waals surface area contributed by atoms with E-state index in [1.807, 2.05) is 18.4 Å². The Morgan fingerprint density at radius 2 is 2.41 bits per heavy atom. The molecular formula is C11H14N2O2S2. The van der Waals surface area contributed by atoms with E-state index >= 15 is 0 Å². The predicted molar refractivity (Wildman–Crippen MR) is 68.4 cm³/mol. The van der Waals surface area contributed by atoms with Crippen LogP contribution in [-0.2, 0) is 29.4 Å². The van der Waals surface area contributed by atoms with Gasteiger partial charge >= 0.3 is 0 Å². The molecule has 0 saturated heterocycles. The van der Waals surface area contributed by atoms with Crippen LogP contribution in [0.25, 0.3) is 0 Å². The molecule has 0 amide bonds. The summed E-state index contributed by atoms with van der Waals surface area (Å²) in [6.07, 6.45) is 1.59. The van der Waals surface area contributed by atoms with Crippen molar-refractivity contribution >= 4 is 22.1 Å². The van der Waals surface area contributed by atoms with Gasteiger partial charge in [0.05, 0.1) is 0 Å². The quantitative estimate of drug-likeness (QED) is 0.807. The van der Waals surface area contributed by atoms with E-state index in [0.717, 1.165) is 12.8 Å². The Balaban J connectivity index is 1.81. The fourth-order valence-electron chi connectivity index (χ4n) is 1.37. The molecule has 6 heteroatoms. The average molecular weight is 270 g/mol. The van der Waals surface area contributed by atoms with Gasteiger partial charge in [-0.1, -0.05) is 18.1 Å².